The Balaban J connectivity index is 1.72. The molecule has 0 aliphatic rings. The molecule has 0 aliphatic heterocycles. The molecule has 0 atom stereocenters. The van der Waals surface area contributed by atoms with Crippen LogP contribution in [0.1, 0.15) is 16.1 Å². The molecule has 2 aromatic carbocycles. The van der Waals surface area contributed by atoms with E-state index in [0.29, 0.717) is 28.8 Å². The van der Waals surface area contributed by atoms with Crippen molar-refractivity contribution in [3.05, 3.63) is 71.0 Å². The molecule has 1 heterocycles. The van der Waals surface area contributed by atoms with Crippen LogP contribution in [0, 0.1) is 0 Å². The minimum Gasteiger partial charge on any atom is -0.496 e. The van der Waals surface area contributed by atoms with E-state index in [4.69, 9.17) is 21.1 Å². The number of halogens is 1. The Morgan fingerprint density at radius 1 is 1.07 bits per heavy atom. The summed E-state index contributed by atoms with van der Waals surface area (Å²) in [7, 11) is 3.14. The Morgan fingerprint density at radius 2 is 1.86 bits per heavy atom. The van der Waals surface area contributed by atoms with Crippen LogP contribution in [0.15, 0.2) is 54.7 Å². The lowest BCUT2D eigenvalue weighted by Gasteiger charge is -2.11. The molecule has 144 valence electrons. The zero-order chi connectivity index (χ0) is 19.9. The molecule has 0 radical (unpaired) electrons. The van der Waals surface area contributed by atoms with Crippen LogP contribution in [0.5, 0.6) is 11.5 Å². The number of carbonyl (C=O) groups is 1. The van der Waals surface area contributed by atoms with Crippen molar-refractivity contribution in [2.24, 2.45) is 0 Å². The fraction of sp³-hybridized carbons (Fsp3) is 0.150. The first-order valence-electron chi connectivity index (χ1n) is 8.44. The van der Waals surface area contributed by atoms with Gasteiger partial charge in [0.05, 0.1) is 19.9 Å². The topological polar surface area (TPSA) is 85.4 Å². The number of nitrogens with zero attached hydrogens (tertiary/aromatic N) is 2. The van der Waals surface area contributed by atoms with Gasteiger partial charge in [0.15, 0.2) is 0 Å². The molecule has 28 heavy (non-hydrogen) atoms. The average molecular weight is 399 g/mol. The van der Waals surface area contributed by atoms with Gasteiger partial charge in [-0.2, -0.15) is 0 Å². The average Bonchev–Trinajstić information content (AvgIpc) is 2.72. The van der Waals surface area contributed by atoms with E-state index in [9.17, 15) is 4.79 Å². The lowest BCUT2D eigenvalue weighted by atomic mass is 10.2. The van der Waals surface area contributed by atoms with Crippen LogP contribution >= 0.6 is 11.6 Å². The predicted octanol–water partition coefficient (Wildman–Crippen LogP) is 3.82. The van der Waals surface area contributed by atoms with Gasteiger partial charge in [-0.1, -0.05) is 29.8 Å². The number of ether oxygens (including phenoxy) is 2. The Hall–Kier alpha value is -3.32. The van der Waals surface area contributed by atoms with E-state index in [-0.39, 0.29) is 17.5 Å². The fourth-order valence-electron chi connectivity index (χ4n) is 2.56. The third-order valence-electron chi connectivity index (χ3n) is 3.93. The minimum absolute atomic E-state index is 0.230. The fourth-order valence-corrected chi connectivity index (χ4v) is 2.73. The van der Waals surface area contributed by atoms with E-state index in [0.717, 1.165) is 5.56 Å². The molecule has 3 aromatic rings. The number of methoxy groups -OCH3 is 2. The lowest BCUT2D eigenvalue weighted by Crippen LogP contribution is -2.24. The second-order valence-corrected chi connectivity index (χ2v) is 6.17. The molecule has 1 amide bonds. The van der Waals surface area contributed by atoms with Gasteiger partial charge < -0.3 is 20.1 Å². The van der Waals surface area contributed by atoms with Gasteiger partial charge in [0.1, 0.15) is 17.2 Å². The second kappa shape index (κ2) is 9.05. The summed E-state index contributed by atoms with van der Waals surface area (Å²) in [6.07, 6.45) is 1.50. The van der Waals surface area contributed by atoms with Crippen molar-refractivity contribution in [2.45, 2.75) is 6.54 Å². The van der Waals surface area contributed by atoms with E-state index in [2.05, 4.69) is 20.6 Å². The lowest BCUT2D eigenvalue weighted by molar-refractivity contribution is 0.0945. The Kier molecular flexibility index (Phi) is 6.29. The third-order valence-corrected chi connectivity index (χ3v) is 4.16. The first-order chi connectivity index (χ1) is 13.6. The van der Waals surface area contributed by atoms with E-state index >= 15 is 0 Å². The summed E-state index contributed by atoms with van der Waals surface area (Å²) in [4.78, 5) is 20.9. The van der Waals surface area contributed by atoms with Crippen molar-refractivity contribution in [1.29, 1.82) is 0 Å². The van der Waals surface area contributed by atoms with Crippen LogP contribution < -0.4 is 20.1 Å². The highest BCUT2D eigenvalue weighted by atomic mass is 35.5. The van der Waals surface area contributed by atoms with Crippen molar-refractivity contribution in [3.8, 4) is 11.5 Å². The van der Waals surface area contributed by atoms with Crippen molar-refractivity contribution in [1.82, 2.24) is 15.3 Å². The molecule has 0 spiro atoms. The maximum atomic E-state index is 12.5. The molecule has 0 bridgehead atoms. The van der Waals surface area contributed by atoms with E-state index in [1.807, 2.05) is 24.3 Å². The normalized spacial score (nSPS) is 10.2. The van der Waals surface area contributed by atoms with Gasteiger partial charge in [0, 0.05) is 23.3 Å². The van der Waals surface area contributed by atoms with Gasteiger partial charge in [-0.3, -0.25) is 4.79 Å². The standard InChI is InChI=1S/C20H19ClN4O3/c1-27-17-6-4-3-5-13(17)12-23-19(26)15-9-10-22-20(24-15)25-16-11-14(21)7-8-18(16)28-2/h3-11H,12H2,1-2H3,(H,23,26)(H,22,24,25). The maximum absolute atomic E-state index is 12.5. The quantitative estimate of drug-likeness (QED) is 0.629. The molecule has 2 N–H and O–H groups in total. The highest BCUT2D eigenvalue weighted by Crippen LogP contribution is 2.29. The van der Waals surface area contributed by atoms with E-state index in [1.54, 1.807) is 32.4 Å². The van der Waals surface area contributed by atoms with Crippen LogP contribution in [-0.4, -0.2) is 30.1 Å². The van der Waals surface area contributed by atoms with Crippen LogP contribution in [0.3, 0.4) is 0 Å². The number of carbonyl (C=O) groups excluding carboxylic acids is 1. The zero-order valence-electron chi connectivity index (χ0n) is 15.4. The Bertz CT molecular complexity index is 981. The number of amides is 1. The number of para-hydroxylation sites is 1. The molecular formula is C20H19ClN4O3. The van der Waals surface area contributed by atoms with Crippen LogP contribution in [0.2, 0.25) is 5.02 Å². The van der Waals surface area contributed by atoms with Gasteiger partial charge in [0.2, 0.25) is 5.95 Å². The van der Waals surface area contributed by atoms with Crippen molar-refractivity contribution >= 4 is 29.1 Å². The van der Waals surface area contributed by atoms with Gasteiger partial charge in [-0.25, -0.2) is 9.97 Å². The SMILES string of the molecule is COc1ccccc1CNC(=O)c1ccnc(Nc2cc(Cl)ccc2OC)n1. The molecular weight excluding hydrogens is 380 g/mol. The summed E-state index contributed by atoms with van der Waals surface area (Å²) in [6, 6.07) is 14.2. The van der Waals surface area contributed by atoms with Crippen molar-refractivity contribution in [2.75, 3.05) is 19.5 Å². The third kappa shape index (κ3) is 4.69. The molecule has 0 aliphatic carbocycles. The van der Waals surface area contributed by atoms with Crippen molar-refractivity contribution < 1.29 is 14.3 Å². The van der Waals surface area contributed by atoms with Crippen LogP contribution in [0.25, 0.3) is 0 Å². The highest BCUT2D eigenvalue weighted by molar-refractivity contribution is 6.31. The molecule has 1 aromatic heterocycles. The molecule has 0 unspecified atom stereocenters. The van der Waals surface area contributed by atoms with Gasteiger partial charge in [-0.15, -0.1) is 0 Å². The summed E-state index contributed by atoms with van der Waals surface area (Å²) in [6.45, 7) is 0.317. The molecule has 0 saturated carbocycles. The molecule has 3 rings (SSSR count). The van der Waals surface area contributed by atoms with E-state index in [1.165, 1.54) is 12.3 Å². The minimum atomic E-state index is -0.325. The molecule has 7 nitrogen and oxygen atoms in total. The number of nitrogens with one attached hydrogen (secondary N) is 2. The Morgan fingerprint density at radius 3 is 2.64 bits per heavy atom. The van der Waals surface area contributed by atoms with E-state index < -0.39 is 0 Å². The highest BCUT2D eigenvalue weighted by Gasteiger charge is 2.12. The molecule has 0 fully saturated rings. The summed E-state index contributed by atoms with van der Waals surface area (Å²) in [5.74, 6) is 1.22. The van der Waals surface area contributed by atoms with Gasteiger partial charge >= 0.3 is 0 Å². The number of benzene rings is 2. The monoisotopic (exact) mass is 398 g/mol. The maximum Gasteiger partial charge on any atom is 0.270 e. The smallest absolute Gasteiger partial charge is 0.270 e. The molecule has 8 heteroatoms. The number of hydrogen-bond donors (Lipinski definition) is 2. The summed E-state index contributed by atoms with van der Waals surface area (Å²) in [5, 5.41) is 6.39. The first kappa shape index (κ1) is 19.4. The second-order valence-electron chi connectivity index (χ2n) is 5.73. The summed E-state index contributed by atoms with van der Waals surface area (Å²) >= 11 is 6.04. The Labute approximate surface area is 167 Å². The number of hydrogen-bond acceptors (Lipinski definition) is 6. The van der Waals surface area contributed by atoms with Crippen LogP contribution in [-0.2, 0) is 6.54 Å². The number of anilines is 2. The number of rotatable bonds is 7. The van der Waals surface area contributed by atoms with Crippen molar-refractivity contribution in [3.63, 3.8) is 0 Å². The van der Waals surface area contributed by atoms with Gasteiger partial charge in [-0.05, 0) is 30.3 Å². The van der Waals surface area contributed by atoms with Gasteiger partial charge in [0.25, 0.3) is 5.91 Å². The summed E-state index contributed by atoms with van der Waals surface area (Å²) in [5.41, 5.74) is 1.70. The first-order valence-corrected chi connectivity index (χ1v) is 8.82. The number of aromatic nitrogens is 2. The molecule has 0 saturated heterocycles. The predicted molar refractivity (Wildman–Crippen MR) is 107 cm³/mol. The summed E-state index contributed by atoms with van der Waals surface area (Å²) < 4.78 is 10.6. The van der Waals surface area contributed by atoms with Crippen LogP contribution in [0.4, 0.5) is 11.6 Å². The largest absolute Gasteiger partial charge is 0.496 e. The zero-order valence-corrected chi connectivity index (χ0v) is 16.2.